The predicted molar refractivity (Wildman–Crippen MR) is 171 cm³/mol. The largest absolute Gasteiger partial charge is 0.497 e. The van der Waals surface area contributed by atoms with E-state index in [2.05, 4.69) is 20.3 Å². The summed E-state index contributed by atoms with van der Waals surface area (Å²) in [5, 5.41) is 3.41. The van der Waals surface area contributed by atoms with E-state index in [1.165, 1.54) is 29.3 Å². The fourth-order valence-electron chi connectivity index (χ4n) is 6.05. The summed E-state index contributed by atoms with van der Waals surface area (Å²) in [5.74, 6) is -3.36. The van der Waals surface area contributed by atoms with Crippen molar-refractivity contribution in [3.05, 3.63) is 109 Å². The first-order valence-corrected chi connectivity index (χ1v) is 14.6. The fraction of sp³-hybridized carbons (Fsp3) is 0.176. The summed E-state index contributed by atoms with van der Waals surface area (Å²) in [6.45, 7) is 3.52. The van der Waals surface area contributed by atoms with Crippen LogP contribution in [0.4, 0.5) is 17.3 Å². The number of carbonyl (C=O) groups excluding carboxylic acids is 4. The third kappa shape index (κ3) is 4.80. The molecule has 0 saturated carbocycles. The minimum atomic E-state index is -1.82. The summed E-state index contributed by atoms with van der Waals surface area (Å²) in [7, 11) is 1.51. The molecule has 0 fully saturated rings. The van der Waals surface area contributed by atoms with Crippen LogP contribution in [0.3, 0.4) is 0 Å². The molecule has 6 rings (SSSR count). The number of methoxy groups -OCH3 is 1. The number of amides is 4. The molecule has 232 valence electrons. The second-order valence-electron chi connectivity index (χ2n) is 11.1. The van der Waals surface area contributed by atoms with Crippen molar-refractivity contribution in [3.63, 3.8) is 0 Å². The molecule has 1 aliphatic rings. The van der Waals surface area contributed by atoms with E-state index in [4.69, 9.17) is 10.5 Å². The average Bonchev–Trinajstić information content (AvgIpc) is 3.48. The van der Waals surface area contributed by atoms with Gasteiger partial charge in [-0.3, -0.25) is 24.1 Å². The van der Waals surface area contributed by atoms with E-state index in [0.717, 1.165) is 5.39 Å². The van der Waals surface area contributed by atoms with Gasteiger partial charge in [0.25, 0.3) is 17.7 Å². The maximum Gasteiger partial charge on any atom is 0.268 e. The topological polar surface area (TPSA) is 164 Å². The van der Waals surface area contributed by atoms with Crippen molar-refractivity contribution in [2.75, 3.05) is 16.9 Å². The van der Waals surface area contributed by atoms with E-state index in [-0.39, 0.29) is 23.0 Å². The lowest BCUT2D eigenvalue weighted by Crippen LogP contribution is -2.65. The Morgan fingerprint density at radius 2 is 1.57 bits per heavy atom. The van der Waals surface area contributed by atoms with E-state index in [0.29, 0.717) is 16.8 Å². The van der Waals surface area contributed by atoms with Gasteiger partial charge in [0.15, 0.2) is 11.6 Å². The summed E-state index contributed by atoms with van der Waals surface area (Å²) in [4.78, 5) is 71.1. The van der Waals surface area contributed by atoms with Gasteiger partial charge in [-0.05, 0) is 53.9 Å². The van der Waals surface area contributed by atoms with Gasteiger partial charge in [0, 0.05) is 23.3 Å². The molecule has 0 aliphatic carbocycles. The summed E-state index contributed by atoms with van der Waals surface area (Å²) in [6, 6.07) is 21.9. The number of carbonyl (C=O) groups is 4. The monoisotopic (exact) mass is 617 g/mol. The minimum absolute atomic E-state index is 0.0295. The first-order chi connectivity index (χ1) is 22.2. The van der Waals surface area contributed by atoms with Crippen LogP contribution >= 0.6 is 0 Å². The minimum Gasteiger partial charge on any atom is -0.497 e. The molecule has 2 unspecified atom stereocenters. The molecule has 0 spiro atoms. The molecular weight excluding hydrogens is 586 g/mol. The number of nitrogens with zero attached hydrogens (tertiary/aromatic N) is 4. The number of fused-ring (bicyclic) bond motifs is 2. The van der Waals surface area contributed by atoms with Crippen molar-refractivity contribution in [1.82, 2.24) is 20.3 Å². The highest BCUT2D eigenvalue weighted by molar-refractivity contribution is 6.25. The molecule has 46 heavy (non-hydrogen) atoms. The standard InChI is InChI=1S/C34H31N7O5/c1-20(2)34(32(35)45,22-13-15-23(46-3)16-14-22)41-27-12-7-6-11-26(27)40(33-36-17-8-18-37-33)30(43)28(31(41)44)39-29(42)25-19-21-9-4-5-10-24(21)38-25/h4-20,28,38H,1-3H3,(H2,35,45)(H,39,42). The van der Waals surface area contributed by atoms with Gasteiger partial charge in [0.1, 0.15) is 11.4 Å². The number of benzene rings is 3. The molecule has 0 radical (unpaired) electrons. The number of primary amides is 1. The van der Waals surface area contributed by atoms with Crippen LogP contribution in [0.5, 0.6) is 5.75 Å². The Balaban J connectivity index is 1.59. The van der Waals surface area contributed by atoms with Crippen LogP contribution in [0.25, 0.3) is 10.9 Å². The van der Waals surface area contributed by atoms with Crippen LogP contribution in [-0.2, 0) is 19.9 Å². The van der Waals surface area contributed by atoms with Crippen molar-refractivity contribution in [2.24, 2.45) is 11.7 Å². The fourth-order valence-corrected chi connectivity index (χ4v) is 6.05. The van der Waals surface area contributed by atoms with E-state index >= 15 is 0 Å². The third-order valence-corrected chi connectivity index (χ3v) is 8.19. The number of aromatic nitrogens is 3. The Labute approximate surface area is 264 Å². The maximum atomic E-state index is 15.0. The summed E-state index contributed by atoms with van der Waals surface area (Å²) in [5.41, 5.74) is 6.07. The van der Waals surface area contributed by atoms with Crippen LogP contribution in [0, 0.1) is 5.92 Å². The third-order valence-electron chi connectivity index (χ3n) is 8.19. The molecule has 4 N–H and O–H groups in total. The summed E-state index contributed by atoms with van der Waals surface area (Å²) < 4.78 is 5.34. The zero-order valence-corrected chi connectivity index (χ0v) is 25.3. The number of para-hydroxylation sites is 3. The number of hydrogen-bond acceptors (Lipinski definition) is 7. The van der Waals surface area contributed by atoms with Gasteiger partial charge < -0.3 is 20.8 Å². The molecule has 3 aromatic carbocycles. The lowest BCUT2D eigenvalue weighted by molar-refractivity contribution is -0.134. The summed E-state index contributed by atoms with van der Waals surface area (Å²) >= 11 is 0. The van der Waals surface area contributed by atoms with E-state index in [1.54, 1.807) is 80.6 Å². The van der Waals surface area contributed by atoms with Gasteiger partial charge in [-0.2, -0.15) is 0 Å². The van der Waals surface area contributed by atoms with Gasteiger partial charge in [-0.15, -0.1) is 0 Å². The van der Waals surface area contributed by atoms with Crippen molar-refractivity contribution in [3.8, 4) is 5.75 Å². The van der Waals surface area contributed by atoms with Crippen molar-refractivity contribution >= 4 is 51.9 Å². The highest BCUT2D eigenvalue weighted by Crippen LogP contribution is 2.46. The molecule has 3 heterocycles. The molecule has 0 saturated heterocycles. The number of nitrogens with two attached hydrogens (primary N) is 1. The van der Waals surface area contributed by atoms with Crippen molar-refractivity contribution in [1.29, 1.82) is 0 Å². The van der Waals surface area contributed by atoms with Gasteiger partial charge in [-0.25, -0.2) is 14.9 Å². The SMILES string of the molecule is COc1ccc(C(C(N)=O)(C(C)C)N2C(=O)C(NC(=O)c3cc4ccccc4[nH]3)C(=O)N(c3ncccn3)c3ccccc32)cc1. The maximum absolute atomic E-state index is 15.0. The molecular formula is C34H31N7O5. The van der Waals surface area contributed by atoms with E-state index < -0.39 is 41.1 Å². The number of anilines is 3. The zero-order chi connectivity index (χ0) is 32.6. The normalized spacial score (nSPS) is 16.1. The van der Waals surface area contributed by atoms with Crippen LogP contribution in [-0.4, -0.2) is 51.7 Å². The van der Waals surface area contributed by atoms with Crippen molar-refractivity contribution in [2.45, 2.75) is 25.4 Å². The first kappa shape index (κ1) is 30.0. The van der Waals surface area contributed by atoms with Crippen LogP contribution in [0.1, 0.15) is 29.9 Å². The predicted octanol–water partition coefficient (Wildman–Crippen LogP) is 3.81. The lowest BCUT2D eigenvalue weighted by atomic mass is 9.76. The highest BCUT2D eigenvalue weighted by Gasteiger charge is 2.55. The first-order valence-electron chi connectivity index (χ1n) is 14.6. The van der Waals surface area contributed by atoms with Crippen molar-refractivity contribution < 1.29 is 23.9 Å². The number of rotatable bonds is 8. The van der Waals surface area contributed by atoms with E-state index in [1.807, 2.05) is 18.2 Å². The molecule has 12 heteroatoms. The molecule has 2 aromatic heterocycles. The Morgan fingerprint density at radius 3 is 2.20 bits per heavy atom. The quantitative estimate of drug-likeness (QED) is 0.223. The number of nitrogens with one attached hydrogen (secondary N) is 2. The second kappa shape index (κ2) is 11.8. The molecule has 2 atom stereocenters. The van der Waals surface area contributed by atoms with E-state index in [9.17, 15) is 19.2 Å². The van der Waals surface area contributed by atoms with Gasteiger partial charge in [0.2, 0.25) is 11.9 Å². The lowest BCUT2D eigenvalue weighted by Gasteiger charge is -2.45. The zero-order valence-electron chi connectivity index (χ0n) is 25.3. The summed E-state index contributed by atoms with van der Waals surface area (Å²) in [6.07, 6.45) is 2.92. The van der Waals surface area contributed by atoms with Crippen LogP contribution in [0.15, 0.2) is 97.3 Å². The van der Waals surface area contributed by atoms with Gasteiger partial charge in [0.05, 0.1) is 18.5 Å². The molecule has 12 nitrogen and oxygen atoms in total. The van der Waals surface area contributed by atoms with Crippen LogP contribution in [0.2, 0.25) is 0 Å². The average molecular weight is 618 g/mol. The number of ether oxygens (including phenoxy) is 1. The number of H-pyrrole nitrogens is 1. The smallest absolute Gasteiger partial charge is 0.268 e. The Morgan fingerprint density at radius 1 is 0.913 bits per heavy atom. The highest BCUT2D eigenvalue weighted by atomic mass is 16.5. The molecule has 5 aromatic rings. The Bertz CT molecular complexity index is 1920. The van der Waals surface area contributed by atoms with Crippen LogP contribution < -0.4 is 25.6 Å². The Kier molecular flexibility index (Phi) is 7.70. The second-order valence-corrected chi connectivity index (χ2v) is 11.1. The van der Waals surface area contributed by atoms with Gasteiger partial charge in [-0.1, -0.05) is 56.3 Å². The van der Waals surface area contributed by atoms with Gasteiger partial charge >= 0.3 is 0 Å². The molecule has 4 amide bonds. The molecule has 0 bridgehead atoms. The number of hydrogen-bond donors (Lipinski definition) is 3. The molecule has 1 aliphatic heterocycles. The number of aromatic amines is 1. The Hall–Kier alpha value is -6.04.